The molecule has 7 heteroatoms. The maximum atomic E-state index is 13.3. The van der Waals surface area contributed by atoms with Gasteiger partial charge in [0, 0.05) is 21.7 Å². The van der Waals surface area contributed by atoms with Crippen LogP contribution in [-0.2, 0) is 16.1 Å². The van der Waals surface area contributed by atoms with Gasteiger partial charge in [0.2, 0.25) is 0 Å². The summed E-state index contributed by atoms with van der Waals surface area (Å²) >= 11 is 5.97. The average Bonchev–Trinajstić information content (AvgIpc) is 2.95. The minimum absolute atomic E-state index is 0.371. The standard InChI is InChI=1S/C32H25ClN2O4/c1-21-30(32(37)39-20-29(36)34-25-11-7-10-24(33)18-25)27-12-5-6-13-28(27)35-31(21)23-14-16-26(17-15-23)38-19-22-8-3-2-4-9-22/h2-18H,19-20H2,1H3,(H,34,36). The van der Waals surface area contributed by atoms with E-state index in [9.17, 15) is 9.59 Å². The Morgan fingerprint density at radius 3 is 2.38 bits per heavy atom. The number of esters is 1. The van der Waals surface area contributed by atoms with E-state index in [1.54, 1.807) is 24.3 Å². The van der Waals surface area contributed by atoms with Gasteiger partial charge < -0.3 is 14.8 Å². The number of ether oxygens (including phenoxy) is 2. The molecular weight excluding hydrogens is 512 g/mol. The molecule has 0 spiro atoms. The van der Waals surface area contributed by atoms with E-state index in [1.807, 2.05) is 85.8 Å². The predicted octanol–water partition coefficient (Wildman–Crippen LogP) is 7.24. The summed E-state index contributed by atoms with van der Waals surface area (Å²) in [5, 5.41) is 3.83. The molecule has 0 aliphatic rings. The van der Waals surface area contributed by atoms with Crippen molar-refractivity contribution in [1.82, 2.24) is 4.98 Å². The highest BCUT2D eigenvalue weighted by molar-refractivity contribution is 6.30. The molecule has 39 heavy (non-hydrogen) atoms. The number of pyridine rings is 1. The number of halogens is 1. The Kier molecular flexibility index (Phi) is 7.85. The minimum Gasteiger partial charge on any atom is -0.489 e. The first kappa shape index (κ1) is 25.9. The fourth-order valence-electron chi connectivity index (χ4n) is 4.27. The number of nitrogens with one attached hydrogen (secondary N) is 1. The number of para-hydroxylation sites is 1. The highest BCUT2D eigenvalue weighted by Gasteiger charge is 2.21. The third-order valence-electron chi connectivity index (χ3n) is 6.16. The van der Waals surface area contributed by atoms with Gasteiger partial charge in [-0.2, -0.15) is 0 Å². The first-order valence-corrected chi connectivity index (χ1v) is 12.7. The highest BCUT2D eigenvalue weighted by atomic mass is 35.5. The number of anilines is 1. The topological polar surface area (TPSA) is 77.5 Å². The highest BCUT2D eigenvalue weighted by Crippen LogP contribution is 2.31. The summed E-state index contributed by atoms with van der Waals surface area (Å²) in [5.41, 5.74) is 4.77. The third-order valence-corrected chi connectivity index (χ3v) is 6.39. The lowest BCUT2D eigenvalue weighted by molar-refractivity contribution is -0.119. The fraction of sp³-hybridized carbons (Fsp3) is 0.0938. The Bertz CT molecular complexity index is 1640. The number of carbonyl (C=O) groups excluding carboxylic acids is 2. The zero-order chi connectivity index (χ0) is 27.2. The molecule has 1 heterocycles. The van der Waals surface area contributed by atoms with E-state index < -0.39 is 18.5 Å². The van der Waals surface area contributed by atoms with Crippen LogP contribution in [-0.4, -0.2) is 23.5 Å². The number of carbonyl (C=O) groups is 2. The second kappa shape index (κ2) is 11.8. The van der Waals surface area contributed by atoms with Crippen molar-refractivity contribution in [2.45, 2.75) is 13.5 Å². The monoisotopic (exact) mass is 536 g/mol. The van der Waals surface area contributed by atoms with Crippen molar-refractivity contribution in [3.05, 3.63) is 125 Å². The number of aromatic nitrogens is 1. The molecule has 194 valence electrons. The van der Waals surface area contributed by atoms with Crippen molar-refractivity contribution in [3.8, 4) is 17.0 Å². The van der Waals surface area contributed by atoms with E-state index in [0.29, 0.717) is 45.0 Å². The van der Waals surface area contributed by atoms with E-state index in [4.69, 9.17) is 26.1 Å². The Hall–Kier alpha value is -4.68. The van der Waals surface area contributed by atoms with Gasteiger partial charge in [-0.05, 0) is 66.6 Å². The lowest BCUT2D eigenvalue weighted by Gasteiger charge is -2.15. The molecule has 4 aromatic carbocycles. The molecule has 1 aromatic heterocycles. The van der Waals surface area contributed by atoms with Crippen LogP contribution in [0.15, 0.2) is 103 Å². The number of nitrogens with zero attached hydrogens (tertiary/aromatic N) is 1. The molecule has 0 saturated heterocycles. The number of benzene rings is 4. The van der Waals surface area contributed by atoms with Crippen LogP contribution in [0.1, 0.15) is 21.5 Å². The Labute approximate surface area is 231 Å². The van der Waals surface area contributed by atoms with E-state index in [0.717, 1.165) is 16.9 Å². The lowest BCUT2D eigenvalue weighted by Crippen LogP contribution is -2.21. The predicted molar refractivity (Wildman–Crippen MR) is 153 cm³/mol. The van der Waals surface area contributed by atoms with Crippen LogP contribution in [0, 0.1) is 6.92 Å². The van der Waals surface area contributed by atoms with Gasteiger partial charge in [0.05, 0.1) is 16.8 Å². The van der Waals surface area contributed by atoms with Crippen molar-refractivity contribution in [2.24, 2.45) is 0 Å². The van der Waals surface area contributed by atoms with Crippen LogP contribution in [0.3, 0.4) is 0 Å². The third kappa shape index (κ3) is 6.25. The molecular formula is C32H25ClN2O4. The normalized spacial score (nSPS) is 10.7. The quantitative estimate of drug-likeness (QED) is 0.211. The van der Waals surface area contributed by atoms with Crippen molar-refractivity contribution in [3.63, 3.8) is 0 Å². The van der Waals surface area contributed by atoms with Gasteiger partial charge in [-0.25, -0.2) is 9.78 Å². The molecule has 5 aromatic rings. The van der Waals surface area contributed by atoms with Gasteiger partial charge in [-0.3, -0.25) is 4.79 Å². The lowest BCUT2D eigenvalue weighted by atomic mass is 9.97. The van der Waals surface area contributed by atoms with Gasteiger partial charge in [0.15, 0.2) is 6.61 Å². The van der Waals surface area contributed by atoms with Gasteiger partial charge >= 0.3 is 5.97 Å². The van der Waals surface area contributed by atoms with Crippen LogP contribution in [0.4, 0.5) is 5.69 Å². The van der Waals surface area contributed by atoms with E-state index in [-0.39, 0.29) is 0 Å². The molecule has 1 N–H and O–H groups in total. The zero-order valence-electron chi connectivity index (χ0n) is 21.2. The van der Waals surface area contributed by atoms with Crippen molar-refractivity contribution >= 4 is 40.1 Å². The molecule has 0 unspecified atom stereocenters. The van der Waals surface area contributed by atoms with Gasteiger partial charge in [0.1, 0.15) is 12.4 Å². The fourth-order valence-corrected chi connectivity index (χ4v) is 4.46. The van der Waals surface area contributed by atoms with Crippen molar-refractivity contribution in [1.29, 1.82) is 0 Å². The van der Waals surface area contributed by atoms with Crippen LogP contribution in [0.25, 0.3) is 22.2 Å². The van der Waals surface area contributed by atoms with Crippen LogP contribution in [0.5, 0.6) is 5.75 Å². The minimum atomic E-state index is -0.601. The average molecular weight is 537 g/mol. The smallest absolute Gasteiger partial charge is 0.339 e. The second-order valence-electron chi connectivity index (χ2n) is 8.91. The summed E-state index contributed by atoms with van der Waals surface area (Å²) in [5.74, 6) is -0.337. The van der Waals surface area contributed by atoms with Crippen LogP contribution < -0.4 is 10.1 Å². The summed E-state index contributed by atoms with van der Waals surface area (Å²) in [7, 11) is 0. The number of hydrogen-bond acceptors (Lipinski definition) is 5. The van der Waals surface area contributed by atoms with Crippen LogP contribution in [0.2, 0.25) is 5.02 Å². The van der Waals surface area contributed by atoms with Gasteiger partial charge in [-0.1, -0.05) is 66.2 Å². The molecule has 0 radical (unpaired) electrons. The van der Waals surface area contributed by atoms with Crippen molar-refractivity contribution in [2.75, 3.05) is 11.9 Å². The zero-order valence-corrected chi connectivity index (χ0v) is 21.9. The summed E-state index contributed by atoms with van der Waals surface area (Å²) in [6.07, 6.45) is 0. The van der Waals surface area contributed by atoms with Crippen molar-refractivity contribution < 1.29 is 19.1 Å². The van der Waals surface area contributed by atoms with Gasteiger partial charge in [0.25, 0.3) is 5.91 Å². The maximum Gasteiger partial charge on any atom is 0.339 e. The molecule has 0 fully saturated rings. The second-order valence-corrected chi connectivity index (χ2v) is 9.35. The molecule has 0 aliphatic heterocycles. The first-order chi connectivity index (χ1) is 19.0. The number of amides is 1. The van der Waals surface area contributed by atoms with Gasteiger partial charge in [-0.15, -0.1) is 0 Å². The SMILES string of the molecule is Cc1c(-c2ccc(OCc3ccccc3)cc2)nc2ccccc2c1C(=O)OCC(=O)Nc1cccc(Cl)c1. The summed E-state index contributed by atoms with van der Waals surface area (Å²) in [6, 6.07) is 31.7. The van der Waals surface area contributed by atoms with E-state index in [1.165, 1.54) is 0 Å². The number of rotatable bonds is 8. The summed E-state index contributed by atoms with van der Waals surface area (Å²) in [4.78, 5) is 30.5. The van der Waals surface area contributed by atoms with E-state index in [2.05, 4.69) is 5.32 Å². The molecule has 0 atom stereocenters. The molecule has 6 nitrogen and oxygen atoms in total. The molecule has 0 saturated carbocycles. The Balaban J connectivity index is 1.36. The Morgan fingerprint density at radius 1 is 0.872 bits per heavy atom. The number of hydrogen-bond donors (Lipinski definition) is 1. The summed E-state index contributed by atoms with van der Waals surface area (Å²) in [6.45, 7) is 1.86. The maximum absolute atomic E-state index is 13.3. The largest absolute Gasteiger partial charge is 0.489 e. The molecule has 0 aliphatic carbocycles. The Morgan fingerprint density at radius 2 is 1.62 bits per heavy atom. The molecule has 0 bridgehead atoms. The molecule has 1 amide bonds. The number of fused-ring (bicyclic) bond motifs is 1. The molecule has 5 rings (SSSR count). The summed E-state index contributed by atoms with van der Waals surface area (Å²) < 4.78 is 11.3. The van der Waals surface area contributed by atoms with E-state index >= 15 is 0 Å². The first-order valence-electron chi connectivity index (χ1n) is 12.4. The van der Waals surface area contributed by atoms with Crippen LogP contribution >= 0.6 is 11.6 Å².